The van der Waals surface area contributed by atoms with Gasteiger partial charge in [-0.2, -0.15) is 5.26 Å². The molecule has 2 N–H and O–H groups in total. The number of carbonyl (C=O) groups is 5. The van der Waals surface area contributed by atoms with Crippen LogP contribution in [0, 0.1) is 17.2 Å². The highest BCUT2D eigenvalue weighted by molar-refractivity contribution is 6.24. The molecule has 3 fully saturated rings. The highest BCUT2D eigenvalue weighted by Gasteiger charge is 2.45. The molecular weight excluding hydrogens is 707 g/mol. The van der Waals surface area contributed by atoms with Crippen LogP contribution >= 0.6 is 0 Å². The van der Waals surface area contributed by atoms with E-state index in [0.717, 1.165) is 46.1 Å². The molecule has 0 spiro atoms. The van der Waals surface area contributed by atoms with Crippen molar-refractivity contribution < 1.29 is 34.9 Å². The zero-order chi connectivity index (χ0) is 46.2. The number of piperazine rings is 1. The summed E-state index contributed by atoms with van der Waals surface area (Å²) in [5.74, 6) is -3.64. The second-order valence-electron chi connectivity index (χ2n) is 15.6. The van der Waals surface area contributed by atoms with E-state index in [4.69, 9.17) is 11.0 Å². The van der Waals surface area contributed by atoms with Gasteiger partial charge in [0.2, 0.25) is 11.8 Å². The molecule has 4 aromatic rings. The standard InChI is InChI=1S/C44H45N7O5/c1-4-27-20-32-33(44(2,3)40-38(39(32)53)30-7-5-26(23-45)19-34(30)46-40)22-36(27)50-13-11-25(12-14-50)24-48-15-17-49(18-16-48)28-6-8-29-31(21-28)43(56)51(42(29)55)35-9-10-37(52)47-41(35)54/h5-8,19-22,25,35,46H,4,9-18,24H2,1-3H3,(H,47,52,54)/i15D2,16D2,17D2,18D2. The predicted octanol–water partition coefficient (Wildman–Crippen LogP) is 4.91. The smallest absolute Gasteiger partial charge is 0.262 e. The number of H-pyrrole nitrogens is 1. The molecule has 0 bridgehead atoms. The second kappa shape index (κ2) is 13.4. The minimum absolute atomic E-state index is 0.0974. The van der Waals surface area contributed by atoms with E-state index in [2.05, 4.69) is 41.2 Å². The number of benzene rings is 3. The van der Waals surface area contributed by atoms with Gasteiger partial charge in [0.1, 0.15) is 6.04 Å². The molecule has 1 aromatic heterocycles. The van der Waals surface area contributed by atoms with Crippen LogP contribution in [-0.2, 0) is 21.4 Å². The summed E-state index contributed by atoms with van der Waals surface area (Å²) in [4.78, 5) is 72.8. The van der Waals surface area contributed by atoms with Crippen LogP contribution < -0.4 is 15.1 Å². The molecule has 3 aromatic carbocycles. The van der Waals surface area contributed by atoms with Gasteiger partial charge in [-0.15, -0.1) is 0 Å². The Labute approximate surface area is 336 Å². The zero-order valence-electron chi connectivity index (χ0n) is 39.2. The van der Waals surface area contributed by atoms with Crippen LogP contribution in [0.4, 0.5) is 11.4 Å². The zero-order valence-corrected chi connectivity index (χ0v) is 31.2. The fourth-order valence-corrected chi connectivity index (χ4v) is 8.87. The summed E-state index contributed by atoms with van der Waals surface area (Å²) in [5.41, 5.74) is 4.46. The third kappa shape index (κ3) is 5.70. The number of amides is 4. The van der Waals surface area contributed by atoms with E-state index in [-0.39, 0.29) is 42.2 Å². The number of carbonyl (C=O) groups excluding carboxylic acids is 5. The first-order valence-corrected chi connectivity index (χ1v) is 19.0. The number of hydrogen-bond donors (Lipinski definition) is 2. The molecule has 1 atom stereocenters. The maximum absolute atomic E-state index is 14.2. The molecule has 4 amide bonds. The summed E-state index contributed by atoms with van der Waals surface area (Å²) >= 11 is 0. The average molecular weight is 760 g/mol. The molecular formula is C44H45N7O5. The Bertz CT molecular complexity index is 2760. The maximum Gasteiger partial charge on any atom is 0.262 e. The molecule has 0 radical (unpaired) electrons. The second-order valence-corrected chi connectivity index (χ2v) is 15.6. The van der Waals surface area contributed by atoms with E-state index in [0.29, 0.717) is 69.3 Å². The lowest BCUT2D eigenvalue weighted by Gasteiger charge is -2.41. The lowest BCUT2D eigenvalue weighted by atomic mass is 9.70. The van der Waals surface area contributed by atoms with Crippen molar-refractivity contribution in [3.05, 3.63) is 93.2 Å². The van der Waals surface area contributed by atoms with Crippen LogP contribution in [0.2, 0.25) is 0 Å². The van der Waals surface area contributed by atoms with Crippen molar-refractivity contribution in [1.29, 1.82) is 5.26 Å². The number of rotatable bonds is 6. The molecule has 286 valence electrons. The summed E-state index contributed by atoms with van der Waals surface area (Å²) in [6, 6.07) is 13.4. The third-order valence-electron chi connectivity index (χ3n) is 12.0. The van der Waals surface area contributed by atoms with Crippen LogP contribution in [0.3, 0.4) is 0 Å². The molecule has 4 aliphatic heterocycles. The van der Waals surface area contributed by atoms with Crippen molar-refractivity contribution in [2.75, 3.05) is 55.4 Å². The molecule has 12 heteroatoms. The number of aromatic amines is 1. The van der Waals surface area contributed by atoms with E-state index in [9.17, 15) is 29.2 Å². The van der Waals surface area contributed by atoms with Gasteiger partial charge in [-0.05, 0) is 85.2 Å². The predicted molar refractivity (Wildman–Crippen MR) is 211 cm³/mol. The van der Waals surface area contributed by atoms with Crippen molar-refractivity contribution in [3.8, 4) is 6.07 Å². The van der Waals surface area contributed by atoms with Crippen molar-refractivity contribution in [2.24, 2.45) is 5.92 Å². The van der Waals surface area contributed by atoms with E-state index in [1.54, 1.807) is 12.1 Å². The Morgan fingerprint density at radius 2 is 1.62 bits per heavy atom. The van der Waals surface area contributed by atoms with Crippen LogP contribution in [-0.4, -0.2) is 95.9 Å². The Hall–Kier alpha value is -5.80. The third-order valence-corrected chi connectivity index (χ3v) is 12.0. The first-order valence-electron chi connectivity index (χ1n) is 23.0. The van der Waals surface area contributed by atoms with E-state index in [1.165, 1.54) is 0 Å². The number of nitrogens with one attached hydrogen (secondary N) is 2. The highest BCUT2D eigenvalue weighted by Crippen LogP contribution is 2.46. The van der Waals surface area contributed by atoms with Gasteiger partial charge < -0.3 is 14.8 Å². The minimum Gasteiger partial charge on any atom is -0.371 e. The molecule has 0 saturated carbocycles. The van der Waals surface area contributed by atoms with E-state index >= 15 is 0 Å². The summed E-state index contributed by atoms with van der Waals surface area (Å²) in [7, 11) is 0. The summed E-state index contributed by atoms with van der Waals surface area (Å²) in [5, 5.41) is 12.4. The quantitative estimate of drug-likeness (QED) is 0.262. The first kappa shape index (κ1) is 27.7. The SMILES string of the molecule is [2H]C1([2H])N(CC2CCN(c3cc4c(cc3CC)C(=O)c3c([nH]c5cc(C#N)ccc35)C4(C)C)CC2)C([2H])([2H])C([2H])([2H])N(c2ccc3c(c2)C(=O)N(C2CCC(=O)NC2=O)C3=O)C1([2H])[2H]. The number of anilines is 2. The van der Waals surface area contributed by atoms with E-state index in [1.807, 2.05) is 19.1 Å². The summed E-state index contributed by atoms with van der Waals surface area (Å²) in [6.07, 6.45) is 1.30. The number of imide groups is 2. The summed E-state index contributed by atoms with van der Waals surface area (Å²) in [6.45, 7) is -5.99. The number of fused-ring (bicyclic) bond motifs is 5. The first-order chi connectivity index (χ1) is 30.0. The van der Waals surface area contributed by atoms with Gasteiger partial charge in [-0.3, -0.25) is 39.1 Å². The minimum atomic E-state index is -3.24. The molecule has 1 aliphatic carbocycles. The van der Waals surface area contributed by atoms with Crippen molar-refractivity contribution in [1.82, 2.24) is 20.1 Å². The Morgan fingerprint density at radius 3 is 2.34 bits per heavy atom. The Kier molecular flexibility index (Phi) is 6.66. The van der Waals surface area contributed by atoms with Crippen LogP contribution in [0.25, 0.3) is 10.9 Å². The van der Waals surface area contributed by atoms with Gasteiger partial charge in [0.15, 0.2) is 5.78 Å². The number of aryl methyl sites for hydroxylation is 1. The van der Waals surface area contributed by atoms with Crippen LogP contribution in [0.15, 0.2) is 48.5 Å². The molecule has 12 nitrogen and oxygen atoms in total. The lowest BCUT2D eigenvalue weighted by molar-refractivity contribution is -0.136. The monoisotopic (exact) mass is 759 g/mol. The van der Waals surface area contributed by atoms with Crippen molar-refractivity contribution in [2.45, 2.75) is 64.3 Å². The summed E-state index contributed by atoms with van der Waals surface area (Å²) < 4.78 is 73.0. The number of nitriles is 1. The fraction of sp³-hybridized carbons (Fsp3) is 0.409. The van der Waals surface area contributed by atoms with E-state index < -0.39 is 66.8 Å². The number of piperidine rings is 2. The number of aromatic nitrogens is 1. The Morgan fingerprint density at radius 1 is 0.875 bits per heavy atom. The Balaban J connectivity index is 0.956. The topological polar surface area (TPSA) is 150 Å². The van der Waals surface area contributed by atoms with Crippen LogP contribution in [0.1, 0.15) is 116 Å². The number of ketones is 1. The maximum atomic E-state index is 14.2. The molecule has 5 heterocycles. The molecule has 9 rings (SSSR count). The number of hydrogen-bond acceptors (Lipinski definition) is 9. The van der Waals surface area contributed by atoms with Gasteiger partial charge in [0.25, 0.3) is 11.8 Å². The van der Waals surface area contributed by atoms with Gasteiger partial charge in [-0.25, -0.2) is 0 Å². The van der Waals surface area contributed by atoms with Crippen molar-refractivity contribution >= 4 is 51.7 Å². The molecule has 5 aliphatic rings. The number of nitrogens with zero attached hydrogens (tertiary/aromatic N) is 5. The van der Waals surface area contributed by atoms with Crippen molar-refractivity contribution in [3.63, 3.8) is 0 Å². The van der Waals surface area contributed by atoms with Gasteiger partial charge >= 0.3 is 0 Å². The molecule has 56 heavy (non-hydrogen) atoms. The highest BCUT2D eigenvalue weighted by atomic mass is 16.2. The van der Waals surface area contributed by atoms with Gasteiger partial charge in [-0.1, -0.05) is 26.8 Å². The van der Waals surface area contributed by atoms with Gasteiger partial charge in [0.05, 0.1) is 33.8 Å². The van der Waals surface area contributed by atoms with Gasteiger partial charge in [0, 0.05) is 96.5 Å². The molecule has 1 unspecified atom stereocenters. The average Bonchev–Trinajstić information content (AvgIpc) is 3.75. The fourth-order valence-electron chi connectivity index (χ4n) is 8.87. The normalized spacial score (nSPS) is 27.0. The van der Waals surface area contributed by atoms with Crippen LogP contribution in [0.5, 0.6) is 0 Å². The largest absolute Gasteiger partial charge is 0.371 e. The molecule has 3 saturated heterocycles. The lowest BCUT2D eigenvalue weighted by Crippen LogP contribution is -2.54.